The van der Waals surface area contributed by atoms with E-state index in [0.717, 1.165) is 23.2 Å². The first-order valence-corrected chi connectivity index (χ1v) is 9.28. The van der Waals surface area contributed by atoms with Crippen LogP contribution in [0.1, 0.15) is 70.3 Å². The zero-order valence-corrected chi connectivity index (χ0v) is 14.6. The molecule has 2 aromatic rings. The Bertz CT molecular complexity index is 604. The van der Waals surface area contributed by atoms with Crippen LogP contribution in [0.2, 0.25) is 0 Å². The van der Waals surface area contributed by atoms with Crippen LogP contribution in [-0.2, 0) is 6.42 Å². The van der Waals surface area contributed by atoms with Crippen LogP contribution >= 0.6 is 0 Å². The second-order valence-corrected chi connectivity index (χ2v) is 6.74. The van der Waals surface area contributed by atoms with Crippen molar-refractivity contribution < 1.29 is 0 Å². The molecule has 2 rings (SSSR count). The lowest BCUT2D eigenvalue weighted by atomic mass is 10.00. The maximum atomic E-state index is 6.18. The van der Waals surface area contributed by atoms with Gasteiger partial charge in [-0.3, -0.25) is 0 Å². The van der Waals surface area contributed by atoms with Gasteiger partial charge in [0.2, 0.25) is 0 Å². The van der Waals surface area contributed by atoms with Crippen molar-refractivity contribution in [2.45, 2.75) is 71.1 Å². The first-order valence-electron chi connectivity index (χ1n) is 9.28. The van der Waals surface area contributed by atoms with Gasteiger partial charge in [-0.15, -0.1) is 0 Å². The molecule has 0 heterocycles. The lowest BCUT2D eigenvalue weighted by molar-refractivity contribution is 0.565. The van der Waals surface area contributed by atoms with Gasteiger partial charge >= 0.3 is 0 Å². The molecular weight excluding hydrogens is 280 g/mol. The molecule has 0 unspecified atom stereocenters. The highest BCUT2D eigenvalue weighted by Gasteiger charge is 2.03. The molecule has 0 atom stereocenters. The van der Waals surface area contributed by atoms with Crippen molar-refractivity contribution >= 4 is 22.1 Å². The average molecular weight is 313 g/mol. The van der Waals surface area contributed by atoms with Crippen molar-refractivity contribution in [3.63, 3.8) is 0 Å². The number of fused-ring (bicyclic) bond motifs is 1. The van der Waals surface area contributed by atoms with Crippen molar-refractivity contribution in [1.29, 1.82) is 0 Å². The average Bonchev–Trinajstić information content (AvgIpc) is 2.54. The van der Waals surface area contributed by atoms with E-state index in [1.165, 1.54) is 68.7 Å². The largest absolute Gasteiger partial charge is 0.399 e. The zero-order chi connectivity index (χ0) is 16.5. The van der Waals surface area contributed by atoms with E-state index in [0.29, 0.717) is 0 Å². The van der Waals surface area contributed by atoms with Gasteiger partial charge in [-0.05, 0) is 42.0 Å². The molecule has 0 aromatic heterocycles. The minimum absolute atomic E-state index is 0.774. The summed E-state index contributed by atoms with van der Waals surface area (Å²) in [4.78, 5) is 0. The van der Waals surface area contributed by atoms with Gasteiger partial charge in [0.25, 0.3) is 0 Å². The Morgan fingerprint density at radius 3 is 2.09 bits per heavy atom. The molecule has 4 N–H and O–H groups in total. The highest BCUT2D eigenvalue weighted by Crippen LogP contribution is 2.26. The minimum Gasteiger partial charge on any atom is -0.399 e. The molecule has 23 heavy (non-hydrogen) atoms. The summed E-state index contributed by atoms with van der Waals surface area (Å²) in [6.07, 6.45) is 13.4. The van der Waals surface area contributed by atoms with Gasteiger partial charge in [-0.2, -0.15) is 0 Å². The molecule has 0 aliphatic rings. The van der Waals surface area contributed by atoms with Gasteiger partial charge < -0.3 is 11.5 Å². The van der Waals surface area contributed by atoms with Gasteiger partial charge in [-0.25, -0.2) is 0 Å². The number of anilines is 2. The van der Waals surface area contributed by atoms with E-state index >= 15 is 0 Å². The molecule has 0 bridgehead atoms. The SMILES string of the molecule is CCCCCCCCCCCc1cc(N)c2cc(N)ccc2c1. The third kappa shape index (κ3) is 5.78. The van der Waals surface area contributed by atoms with E-state index in [1.807, 2.05) is 12.1 Å². The van der Waals surface area contributed by atoms with Crippen molar-refractivity contribution in [1.82, 2.24) is 0 Å². The Morgan fingerprint density at radius 2 is 1.39 bits per heavy atom. The van der Waals surface area contributed by atoms with Crippen LogP contribution in [-0.4, -0.2) is 0 Å². The van der Waals surface area contributed by atoms with Crippen LogP contribution < -0.4 is 11.5 Å². The van der Waals surface area contributed by atoms with Crippen LogP contribution in [0.4, 0.5) is 11.4 Å². The molecule has 0 aliphatic carbocycles. The predicted molar refractivity (Wildman–Crippen MR) is 104 cm³/mol. The van der Waals surface area contributed by atoms with Crippen molar-refractivity contribution in [2.24, 2.45) is 0 Å². The fourth-order valence-electron chi connectivity index (χ4n) is 3.25. The molecule has 0 radical (unpaired) electrons. The summed E-state index contributed by atoms with van der Waals surface area (Å²) in [5.41, 5.74) is 15.0. The lowest BCUT2D eigenvalue weighted by Crippen LogP contribution is -1.94. The normalized spacial score (nSPS) is 11.2. The van der Waals surface area contributed by atoms with Crippen LogP contribution in [0, 0.1) is 0 Å². The van der Waals surface area contributed by atoms with Crippen LogP contribution in [0.5, 0.6) is 0 Å². The summed E-state index contributed by atoms with van der Waals surface area (Å²) in [7, 11) is 0. The van der Waals surface area contributed by atoms with Gasteiger partial charge in [0.15, 0.2) is 0 Å². The maximum Gasteiger partial charge on any atom is 0.0397 e. The van der Waals surface area contributed by atoms with Gasteiger partial charge in [0.05, 0.1) is 0 Å². The molecular formula is C21H32N2. The minimum atomic E-state index is 0.774. The molecule has 2 aromatic carbocycles. The highest BCUT2D eigenvalue weighted by molar-refractivity contribution is 5.95. The standard InChI is InChI=1S/C21H32N2/c1-2-3-4-5-6-7-8-9-10-11-17-14-18-12-13-19(22)16-20(18)21(23)15-17/h12-16H,2-11,22-23H2,1H3. The van der Waals surface area contributed by atoms with E-state index in [2.05, 4.69) is 25.1 Å². The van der Waals surface area contributed by atoms with Crippen molar-refractivity contribution in [2.75, 3.05) is 11.5 Å². The molecule has 0 fully saturated rings. The van der Waals surface area contributed by atoms with E-state index in [4.69, 9.17) is 11.5 Å². The van der Waals surface area contributed by atoms with Gasteiger partial charge in [-0.1, -0.05) is 70.4 Å². The Balaban J connectivity index is 1.72. The summed E-state index contributed by atoms with van der Waals surface area (Å²) in [6, 6.07) is 10.4. The van der Waals surface area contributed by atoms with Crippen molar-refractivity contribution in [3.05, 3.63) is 35.9 Å². The Hall–Kier alpha value is -1.70. The molecule has 0 saturated carbocycles. The number of hydrogen-bond donors (Lipinski definition) is 2. The molecule has 0 saturated heterocycles. The third-order valence-electron chi connectivity index (χ3n) is 4.64. The summed E-state index contributed by atoms with van der Waals surface area (Å²) in [5.74, 6) is 0. The number of aryl methyl sites for hydroxylation is 1. The third-order valence-corrected chi connectivity index (χ3v) is 4.64. The van der Waals surface area contributed by atoms with E-state index in [9.17, 15) is 0 Å². The van der Waals surface area contributed by atoms with Gasteiger partial charge in [0.1, 0.15) is 0 Å². The zero-order valence-electron chi connectivity index (χ0n) is 14.6. The first-order chi connectivity index (χ1) is 11.2. The van der Waals surface area contributed by atoms with Crippen molar-refractivity contribution in [3.8, 4) is 0 Å². The fraction of sp³-hybridized carbons (Fsp3) is 0.524. The Labute approximate surface area is 141 Å². The molecule has 2 heteroatoms. The smallest absolute Gasteiger partial charge is 0.0397 e. The molecule has 0 amide bonds. The van der Waals surface area contributed by atoms with Crippen LogP contribution in [0.3, 0.4) is 0 Å². The number of hydrogen-bond acceptors (Lipinski definition) is 2. The second-order valence-electron chi connectivity index (χ2n) is 6.74. The number of nitrogens with two attached hydrogens (primary N) is 2. The quantitative estimate of drug-likeness (QED) is 0.413. The number of nitrogen functional groups attached to an aromatic ring is 2. The van der Waals surface area contributed by atoms with E-state index in [1.54, 1.807) is 0 Å². The summed E-state index contributed by atoms with van der Waals surface area (Å²) in [5, 5.41) is 2.27. The monoisotopic (exact) mass is 312 g/mol. The highest BCUT2D eigenvalue weighted by atomic mass is 14.6. The van der Waals surface area contributed by atoms with Crippen LogP contribution in [0.25, 0.3) is 10.8 Å². The number of unbranched alkanes of at least 4 members (excludes halogenated alkanes) is 8. The van der Waals surface area contributed by atoms with Gasteiger partial charge in [0, 0.05) is 16.8 Å². The maximum absolute atomic E-state index is 6.18. The van der Waals surface area contributed by atoms with E-state index < -0.39 is 0 Å². The summed E-state index contributed by atoms with van der Waals surface area (Å²) >= 11 is 0. The number of rotatable bonds is 10. The van der Waals surface area contributed by atoms with Crippen LogP contribution in [0.15, 0.2) is 30.3 Å². The Kier molecular flexibility index (Phi) is 7.25. The fourth-order valence-corrected chi connectivity index (χ4v) is 3.25. The molecule has 0 aliphatic heterocycles. The second kappa shape index (κ2) is 9.44. The predicted octanol–water partition coefficient (Wildman–Crippen LogP) is 6.08. The first kappa shape index (κ1) is 17.7. The molecule has 2 nitrogen and oxygen atoms in total. The summed E-state index contributed by atoms with van der Waals surface area (Å²) in [6.45, 7) is 2.27. The molecule has 126 valence electrons. The molecule has 0 spiro atoms. The topological polar surface area (TPSA) is 52.0 Å². The lowest BCUT2D eigenvalue weighted by Gasteiger charge is -2.08. The summed E-state index contributed by atoms with van der Waals surface area (Å²) < 4.78 is 0. The Morgan fingerprint density at radius 1 is 0.739 bits per heavy atom. The van der Waals surface area contributed by atoms with E-state index in [-0.39, 0.29) is 0 Å². The number of benzene rings is 2.